The van der Waals surface area contributed by atoms with Crippen molar-refractivity contribution in [2.75, 3.05) is 13.1 Å². The molecule has 1 N–H and O–H groups in total. The van der Waals surface area contributed by atoms with Crippen molar-refractivity contribution in [1.29, 1.82) is 0 Å². The molecule has 0 spiro atoms. The van der Waals surface area contributed by atoms with Crippen LogP contribution < -0.4 is 5.32 Å². The van der Waals surface area contributed by atoms with Gasteiger partial charge in [-0.3, -0.25) is 4.68 Å². The fraction of sp³-hybridized carbons (Fsp3) is 0.800. The van der Waals surface area contributed by atoms with Crippen LogP contribution in [0.1, 0.15) is 25.1 Å². The molecular weight excluding hydrogens is 176 g/mol. The molecule has 2 rings (SSSR count). The van der Waals surface area contributed by atoms with Gasteiger partial charge in [0.15, 0.2) is 0 Å². The first-order valence-electron chi connectivity index (χ1n) is 5.41. The number of hydrogen-bond acceptors (Lipinski definition) is 3. The maximum Gasteiger partial charge on any atom is 0.147 e. The SMILES string of the molecule is Cc1ncn(CCC2CCCNC2)n1. The molecule has 1 aliphatic heterocycles. The van der Waals surface area contributed by atoms with E-state index in [0.717, 1.165) is 18.3 Å². The molecule has 1 aromatic rings. The number of aryl methyl sites for hydroxylation is 2. The molecule has 1 aromatic heterocycles. The van der Waals surface area contributed by atoms with Crippen molar-refractivity contribution in [3.63, 3.8) is 0 Å². The molecule has 0 bridgehead atoms. The predicted molar refractivity (Wildman–Crippen MR) is 55.0 cm³/mol. The Morgan fingerprint density at radius 1 is 1.64 bits per heavy atom. The molecule has 1 fully saturated rings. The predicted octanol–water partition coefficient (Wildman–Crippen LogP) is 0.976. The summed E-state index contributed by atoms with van der Waals surface area (Å²) in [4.78, 5) is 4.12. The molecule has 1 aliphatic rings. The molecule has 0 radical (unpaired) electrons. The van der Waals surface area contributed by atoms with Crippen molar-refractivity contribution in [3.8, 4) is 0 Å². The van der Waals surface area contributed by atoms with Gasteiger partial charge in [-0.25, -0.2) is 4.98 Å². The van der Waals surface area contributed by atoms with Crippen molar-refractivity contribution in [3.05, 3.63) is 12.2 Å². The van der Waals surface area contributed by atoms with E-state index in [0.29, 0.717) is 0 Å². The maximum absolute atomic E-state index is 4.28. The third-order valence-electron chi connectivity index (χ3n) is 2.82. The number of hydrogen-bond donors (Lipinski definition) is 1. The van der Waals surface area contributed by atoms with Gasteiger partial charge in [0.2, 0.25) is 0 Å². The van der Waals surface area contributed by atoms with E-state index in [1.54, 1.807) is 0 Å². The Hall–Kier alpha value is -0.900. The van der Waals surface area contributed by atoms with Crippen LogP contribution in [-0.4, -0.2) is 27.9 Å². The first-order chi connectivity index (χ1) is 6.84. The van der Waals surface area contributed by atoms with Crippen molar-refractivity contribution >= 4 is 0 Å². The third kappa shape index (κ3) is 2.54. The highest BCUT2D eigenvalue weighted by molar-refractivity contribution is 4.75. The summed E-state index contributed by atoms with van der Waals surface area (Å²) in [6.07, 6.45) is 5.73. The Labute approximate surface area is 84.7 Å². The molecule has 1 unspecified atom stereocenters. The van der Waals surface area contributed by atoms with Gasteiger partial charge in [0.1, 0.15) is 12.2 Å². The topological polar surface area (TPSA) is 42.7 Å². The minimum absolute atomic E-state index is 0.827. The molecule has 1 atom stereocenters. The Balaban J connectivity index is 1.76. The number of rotatable bonds is 3. The van der Waals surface area contributed by atoms with Gasteiger partial charge in [0, 0.05) is 6.54 Å². The smallest absolute Gasteiger partial charge is 0.147 e. The van der Waals surface area contributed by atoms with E-state index in [9.17, 15) is 0 Å². The van der Waals surface area contributed by atoms with Gasteiger partial charge in [0.25, 0.3) is 0 Å². The van der Waals surface area contributed by atoms with Crippen LogP contribution in [0.5, 0.6) is 0 Å². The van der Waals surface area contributed by atoms with Crippen LogP contribution in [0.25, 0.3) is 0 Å². The Morgan fingerprint density at radius 3 is 3.21 bits per heavy atom. The monoisotopic (exact) mass is 194 g/mol. The Bertz CT molecular complexity index is 275. The molecular formula is C10H18N4. The van der Waals surface area contributed by atoms with E-state index in [1.807, 2.05) is 17.9 Å². The molecule has 0 amide bonds. The number of nitrogens with one attached hydrogen (secondary N) is 1. The van der Waals surface area contributed by atoms with Crippen LogP contribution in [0.4, 0.5) is 0 Å². The molecule has 0 aliphatic carbocycles. The normalized spacial score (nSPS) is 22.5. The molecule has 4 heteroatoms. The molecule has 0 aromatic carbocycles. The van der Waals surface area contributed by atoms with Crippen LogP contribution in [-0.2, 0) is 6.54 Å². The van der Waals surface area contributed by atoms with Gasteiger partial charge in [0.05, 0.1) is 0 Å². The van der Waals surface area contributed by atoms with E-state index >= 15 is 0 Å². The Morgan fingerprint density at radius 2 is 2.57 bits per heavy atom. The van der Waals surface area contributed by atoms with Gasteiger partial charge in [-0.2, -0.15) is 5.10 Å². The molecule has 78 valence electrons. The van der Waals surface area contributed by atoms with Gasteiger partial charge in [-0.1, -0.05) is 0 Å². The van der Waals surface area contributed by atoms with Crippen LogP contribution in [0.2, 0.25) is 0 Å². The minimum Gasteiger partial charge on any atom is -0.316 e. The van der Waals surface area contributed by atoms with Gasteiger partial charge in [-0.15, -0.1) is 0 Å². The van der Waals surface area contributed by atoms with Gasteiger partial charge < -0.3 is 5.32 Å². The summed E-state index contributed by atoms with van der Waals surface area (Å²) in [5.41, 5.74) is 0. The van der Waals surface area contributed by atoms with Gasteiger partial charge >= 0.3 is 0 Å². The summed E-state index contributed by atoms with van der Waals surface area (Å²) in [5.74, 6) is 1.69. The lowest BCUT2D eigenvalue weighted by Gasteiger charge is -2.22. The van der Waals surface area contributed by atoms with E-state index in [2.05, 4.69) is 15.4 Å². The van der Waals surface area contributed by atoms with Crippen LogP contribution in [0.3, 0.4) is 0 Å². The second-order valence-corrected chi connectivity index (χ2v) is 4.06. The average molecular weight is 194 g/mol. The van der Waals surface area contributed by atoms with E-state index in [4.69, 9.17) is 0 Å². The number of aromatic nitrogens is 3. The minimum atomic E-state index is 0.827. The second kappa shape index (κ2) is 4.55. The van der Waals surface area contributed by atoms with Crippen LogP contribution >= 0.6 is 0 Å². The summed E-state index contributed by atoms with van der Waals surface area (Å²) in [5, 5.41) is 7.71. The molecule has 14 heavy (non-hydrogen) atoms. The zero-order valence-corrected chi connectivity index (χ0v) is 8.74. The Kier molecular flexibility index (Phi) is 3.14. The number of nitrogens with zero attached hydrogens (tertiary/aromatic N) is 3. The fourth-order valence-electron chi connectivity index (χ4n) is 1.98. The van der Waals surface area contributed by atoms with Gasteiger partial charge in [-0.05, 0) is 45.2 Å². The van der Waals surface area contributed by atoms with E-state index < -0.39 is 0 Å². The van der Waals surface area contributed by atoms with E-state index in [1.165, 1.54) is 32.4 Å². The highest BCUT2D eigenvalue weighted by Crippen LogP contribution is 2.14. The first kappa shape index (κ1) is 9.65. The first-order valence-corrected chi connectivity index (χ1v) is 5.41. The lowest BCUT2D eigenvalue weighted by Crippen LogP contribution is -2.30. The molecule has 4 nitrogen and oxygen atoms in total. The standard InChI is InChI=1S/C10H18N4/c1-9-12-8-14(13-9)6-4-10-3-2-5-11-7-10/h8,10-11H,2-7H2,1H3. The average Bonchev–Trinajstić information content (AvgIpc) is 2.63. The summed E-state index contributed by atoms with van der Waals surface area (Å²) < 4.78 is 1.95. The quantitative estimate of drug-likeness (QED) is 0.780. The molecule has 0 saturated carbocycles. The summed E-state index contributed by atoms with van der Waals surface area (Å²) in [6, 6.07) is 0. The maximum atomic E-state index is 4.28. The van der Waals surface area contributed by atoms with Crippen LogP contribution in [0.15, 0.2) is 6.33 Å². The van der Waals surface area contributed by atoms with Crippen LogP contribution in [0, 0.1) is 12.8 Å². The summed E-state index contributed by atoms with van der Waals surface area (Å²) >= 11 is 0. The third-order valence-corrected chi connectivity index (χ3v) is 2.82. The summed E-state index contributed by atoms with van der Waals surface area (Å²) in [7, 11) is 0. The van der Waals surface area contributed by atoms with Crippen molar-refractivity contribution in [1.82, 2.24) is 20.1 Å². The second-order valence-electron chi connectivity index (χ2n) is 4.06. The number of piperidine rings is 1. The van der Waals surface area contributed by atoms with Crippen molar-refractivity contribution in [2.45, 2.75) is 32.7 Å². The fourth-order valence-corrected chi connectivity index (χ4v) is 1.98. The summed E-state index contributed by atoms with van der Waals surface area (Å²) in [6.45, 7) is 5.30. The van der Waals surface area contributed by atoms with Crippen molar-refractivity contribution < 1.29 is 0 Å². The lowest BCUT2D eigenvalue weighted by molar-refractivity contribution is 0.335. The highest BCUT2D eigenvalue weighted by atomic mass is 15.3. The van der Waals surface area contributed by atoms with E-state index in [-0.39, 0.29) is 0 Å². The lowest BCUT2D eigenvalue weighted by atomic mass is 9.96. The highest BCUT2D eigenvalue weighted by Gasteiger charge is 2.12. The van der Waals surface area contributed by atoms with Crippen molar-refractivity contribution in [2.24, 2.45) is 5.92 Å². The largest absolute Gasteiger partial charge is 0.316 e. The zero-order valence-electron chi connectivity index (χ0n) is 8.74. The zero-order chi connectivity index (χ0) is 9.80. The molecule has 1 saturated heterocycles. The molecule has 2 heterocycles.